The van der Waals surface area contributed by atoms with Crippen LogP contribution in [-0.2, 0) is 0 Å². The van der Waals surface area contributed by atoms with Crippen molar-refractivity contribution in [2.45, 2.75) is 0 Å². The number of benzene rings is 9. The van der Waals surface area contributed by atoms with Gasteiger partial charge in [0.1, 0.15) is 22.3 Å². The van der Waals surface area contributed by atoms with Gasteiger partial charge in [0, 0.05) is 53.1 Å². The topological polar surface area (TPSA) is 29.5 Å². The van der Waals surface area contributed by atoms with Gasteiger partial charge in [0.15, 0.2) is 0 Å². The number of hydrogen-bond acceptors (Lipinski definition) is 4. The lowest BCUT2D eigenvalue weighted by molar-refractivity contribution is 0.669. The van der Waals surface area contributed by atoms with Crippen LogP contribution >= 0.6 is 11.3 Å². The standard InChI is InChI=1S/C52H31NO2S/c1-2-10-32(11-3-1)33-20-25-36(26-21-33)53(43-16-9-18-44-48(43)42-29-24-34-12-4-5-13-39(34)51(42)55-44)37-27-22-35(23-28-37)38-15-8-17-45-49(38)50-46(54-45)31-30-41-40-14-6-7-19-47(40)56-52(41)50/h1-31H. The van der Waals surface area contributed by atoms with E-state index in [2.05, 4.69) is 193 Å². The van der Waals surface area contributed by atoms with E-state index < -0.39 is 0 Å². The first-order chi connectivity index (χ1) is 27.8. The van der Waals surface area contributed by atoms with Gasteiger partial charge in [0.2, 0.25) is 0 Å². The molecule has 3 nitrogen and oxygen atoms in total. The first kappa shape index (κ1) is 31.2. The molecule has 3 heterocycles. The Morgan fingerprint density at radius 3 is 1.84 bits per heavy atom. The summed E-state index contributed by atoms with van der Waals surface area (Å²) < 4.78 is 15.7. The van der Waals surface area contributed by atoms with E-state index in [-0.39, 0.29) is 0 Å². The first-order valence-electron chi connectivity index (χ1n) is 18.9. The zero-order chi connectivity index (χ0) is 36.7. The van der Waals surface area contributed by atoms with Gasteiger partial charge in [-0.05, 0) is 94.4 Å². The van der Waals surface area contributed by atoms with Crippen LogP contribution in [0.3, 0.4) is 0 Å². The lowest BCUT2D eigenvalue weighted by Gasteiger charge is -2.26. The zero-order valence-electron chi connectivity index (χ0n) is 30.1. The van der Waals surface area contributed by atoms with E-state index in [9.17, 15) is 0 Å². The third-order valence-corrected chi connectivity index (χ3v) is 12.5. The third kappa shape index (κ3) is 4.70. The fourth-order valence-corrected chi connectivity index (χ4v) is 9.95. The quantitative estimate of drug-likeness (QED) is 0.176. The van der Waals surface area contributed by atoms with Gasteiger partial charge in [-0.2, -0.15) is 0 Å². The minimum absolute atomic E-state index is 0.863. The van der Waals surface area contributed by atoms with Crippen molar-refractivity contribution in [3.63, 3.8) is 0 Å². The lowest BCUT2D eigenvalue weighted by Crippen LogP contribution is -2.10. The van der Waals surface area contributed by atoms with Gasteiger partial charge in [-0.25, -0.2) is 0 Å². The molecule has 0 saturated carbocycles. The minimum atomic E-state index is 0.863. The average molecular weight is 734 g/mol. The molecule has 0 N–H and O–H groups in total. The highest BCUT2D eigenvalue weighted by Crippen LogP contribution is 2.47. The molecular formula is C52H31NO2S. The molecule has 0 radical (unpaired) electrons. The molecule has 12 aromatic rings. The third-order valence-electron chi connectivity index (χ3n) is 11.3. The molecule has 3 aromatic heterocycles. The van der Waals surface area contributed by atoms with Gasteiger partial charge in [0.05, 0.1) is 11.1 Å². The summed E-state index contributed by atoms with van der Waals surface area (Å²) in [6, 6.07) is 67.1. The van der Waals surface area contributed by atoms with Crippen molar-refractivity contribution >= 4 is 103 Å². The average Bonchev–Trinajstić information content (AvgIpc) is 3.96. The number of anilines is 3. The lowest BCUT2D eigenvalue weighted by atomic mass is 9.98. The van der Waals surface area contributed by atoms with Crippen molar-refractivity contribution in [1.29, 1.82) is 0 Å². The molecule has 0 spiro atoms. The van der Waals surface area contributed by atoms with E-state index in [1.54, 1.807) is 0 Å². The van der Waals surface area contributed by atoms with E-state index in [0.717, 1.165) is 77.5 Å². The van der Waals surface area contributed by atoms with Gasteiger partial charge >= 0.3 is 0 Å². The maximum atomic E-state index is 6.67. The molecule has 0 aliphatic heterocycles. The summed E-state index contributed by atoms with van der Waals surface area (Å²) in [5.41, 5.74) is 11.4. The molecular weight excluding hydrogens is 703 g/mol. The van der Waals surface area contributed by atoms with Gasteiger partial charge in [-0.3, -0.25) is 0 Å². The second kappa shape index (κ2) is 12.2. The summed E-state index contributed by atoms with van der Waals surface area (Å²) in [7, 11) is 0. The Kier molecular flexibility index (Phi) is 6.80. The van der Waals surface area contributed by atoms with Crippen molar-refractivity contribution < 1.29 is 8.83 Å². The molecule has 0 amide bonds. The molecule has 262 valence electrons. The number of furan rings is 2. The van der Waals surface area contributed by atoms with E-state index in [0.29, 0.717) is 0 Å². The fraction of sp³-hybridized carbons (Fsp3) is 0. The Hall–Kier alpha value is -7.14. The van der Waals surface area contributed by atoms with Crippen LogP contribution in [0.4, 0.5) is 17.1 Å². The van der Waals surface area contributed by atoms with E-state index in [1.807, 2.05) is 11.3 Å². The highest BCUT2D eigenvalue weighted by molar-refractivity contribution is 7.26. The van der Waals surface area contributed by atoms with Crippen LogP contribution in [0, 0.1) is 0 Å². The molecule has 12 rings (SSSR count). The van der Waals surface area contributed by atoms with Crippen molar-refractivity contribution in [2.24, 2.45) is 0 Å². The molecule has 0 saturated heterocycles. The van der Waals surface area contributed by atoms with Crippen molar-refractivity contribution in [1.82, 2.24) is 0 Å². The van der Waals surface area contributed by atoms with Crippen LogP contribution < -0.4 is 4.90 Å². The SMILES string of the molecule is c1ccc(-c2ccc(N(c3ccc(-c4cccc5oc6ccc7c8ccccc8sc7c6c45)cc3)c3cccc4oc5c6ccccc6ccc5c34)cc2)cc1. The predicted octanol–water partition coefficient (Wildman–Crippen LogP) is 15.8. The Balaban J connectivity index is 1.05. The van der Waals surface area contributed by atoms with E-state index in [1.165, 1.54) is 36.7 Å². The number of thiophene rings is 1. The molecule has 0 bridgehead atoms. The Labute approximate surface area is 325 Å². The van der Waals surface area contributed by atoms with Crippen molar-refractivity contribution in [2.75, 3.05) is 4.90 Å². The van der Waals surface area contributed by atoms with Gasteiger partial charge in [-0.15, -0.1) is 11.3 Å². The summed E-state index contributed by atoms with van der Waals surface area (Å²) in [4.78, 5) is 2.36. The second-order valence-corrected chi connectivity index (χ2v) is 15.5. The maximum absolute atomic E-state index is 6.67. The van der Waals surface area contributed by atoms with Crippen LogP contribution in [0.25, 0.3) is 97.1 Å². The molecule has 0 unspecified atom stereocenters. The molecule has 56 heavy (non-hydrogen) atoms. The Morgan fingerprint density at radius 2 is 1.02 bits per heavy atom. The van der Waals surface area contributed by atoms with Crippen LogP contribution in [0.5, 0.6) is 0 Å². The summed E-state index contributed by atoms with van der Waals surface area (Å²) in [5, 5.41) is 9.37. The van der Waals surface area contributed by atoms with Crippen LogP contribution in [0.15, 0.2) is 197 Å². The molecule has 0 aliphatic rings. The molecule has 0 fully saturated rings. The summed E-state index contributed by atoms with van der Waals surface area (Å²) >= 11 is 1.84. The number of nitrogens with zero attached hydrogens (tertiary/aromatic N) is 1. The Bertz CT molecular complexity index is 3460. The molecule has 4 heteroatoms. The van der Waals surface area contributed by atoms with Crippen LogP contribution in [-0.4, -0.2) is 0 Å². The molecule has 0 aliphatic carbocycles. The minimum Gasteiger partial charge on any atom is -0.456 e. The molecule has 0 atom stereocenters. The van der Waals surface area contributed by atoms with E-state index in [4.69, 9.17) is 8.83 Å². The molecule has 9 aromatic carbocycles. The van der Waals surface area contributed by atoms with Crippen molar-refractivity contribution in [3.8, 4) is 22.3 Å². The zero-order valence-corrected chi connectivity index (χ0v) is 30.9. The van der Waals surface area contributed by atoms with Gasteiger partial charge in [-0.1, -0.05) is 121 Å². The smallest absolute Gasteiger partial charge is 0.143 e. The largest absolute Gasteiger partial charge is 0.456 e. The van der Waals surface area contributed by atoms with E-state index >= 15 is 0 Å². The first-order valence-corrected chi connectivity index (χ1v) is 19.7. The summed E-state index contributed by atoms with van der Waals surface area (Å²) in [6.07, 6.45) is 0. The second-order valence-electron chi connectivity index (χ2n) is 14.4. The fourth-order valence-electron chi connectivity index (χ4n) is 8.70. The van der Waals surface area contributed by atoms with Crippen molar-refractivity contribution in [3.05, 3.63) is 188 Å². The van der Waals surface area contributed by atoms with Gasteiger partial charge in [0.25, 0.3) is 0 Å². The summed E-state index contributed by atoms with van der Waals surface area (Å²) in [5.74, 6) is 0. The highest BCUT2D eigenvalue weighted by atomic mass is 32.1. The monoisotopic (exact) mass is 733 g/mol. The number of fused-ring (bicyclic) bond motifs is 12. The normalized spacial score (nSPS) is 11.9. The van der Waals surface area contributed by atoms with Crippen LogP contribution in [0.2, 0.25) is 0 Å². The predicted molar refractivity (Wildman–Crippen MR) is 237 cm³/mol. The number of rotatable bonds is 5. The van der Waals surface area contributed by atoms with Gasteiger partial charge < -0.3 is 13.7 Å². The summed E-state index contributed by atoms with van der Waals surface area (Å²) in [6.45, 7) is 0. The van der Waals surface area contributed by atoms with Crippen LogP contribution in [0.1, 0.15) is 0 Å². The Morgan fingerprint density at radius 1 is 0.375 bits per heavy atom. The maximum Gasteiger partial charge on any atom is 0.143 e. The highest BCUT2D eigenvalue weighted by Gasteiger charge is 2.22. The number of hydrogen-bond donors (Lipinski definition) is 0.